The van der Waals surface area contributed by atoms with E-state index in [2.05, 4.69) is 61.3 Å². The van der Waals surface area contributed by atoms with Crippen molar-refractivity contribution < 1.29 is 4.79 Å². The second kappa shape index (κ2) is 8.67. The molecule has 2 aromatic heterocycles. The predicted molar refractivity (Wildman–Crippen MR) is 115 cm³/mol. The van der Waals surface area contributed by atoms with Crippen molar-refractivity contribution in [1.29, 1.82) is 0 Å². The molecule has 3 rings (SSSR count). The first-order valence-corrected chi connectivity index (χ1v) is 10.3. The molecule has 148 valence electrons. The topological polar surface area (TPSA) is 63.1 Å². The largest absolute Gasteiger partial charge is 0.301 e. The highest BCUT2D eigenvalue weighted by Gasteiger charge is 2.13. The van der Waals surface area contributed by atoms with E-state index in [1.807, 2.05) is 28.2 Å². The molecule has 28 heavy (non-hydrogen) atoms. The van der Waals surface area contributed by atoms with Gasteiger partial charge in [0.05, 0.1) is 18.4 Å². The molecule has 1 amide bonds. The van der Waals surface area contributed by atoms with Crippen molar-refractivity contribution in [2.24, 2.45) is 0 Å². The van der Waals surface area contributed by atoms with Gasteiger partial charge in [0, 0.05) is 35.3 Å². The lowest BCUT2D eigenvalue weighted by molar-refractivity contribution is -0.117. The average Bonchev–Trinajstić information content (AvgIpc) is 3.24. The van der Waals surface area contributed by atoms with Crippen LogP contribution >= 0.6 is 11.3 Å². The lowest BCUT2D eigenvalue weighted by atomic mass is 10.1. The number of carbonyl (C=O) groups is 1. The molecule has 0 saturated carbocycles. The summed E-state index contributed by atoms with van der Waals surface area (Å²) in [6.45, 7) is 10.2. The van der Waals surface area contributed by atoms with Crippen LogP contribution in [-0.2, 0) is 17.9 Å². The Kier molecular flexibility index (Phi) is 6.26. The van der Waals surface area contributed by atoms with Crippen LogP contribution in [0.5, 0.6) is 0 Å². The van der Waals surface area contributed by atoms with Gasteiger partial charge in [0.1, 0.15) is 0 Å². The third-order valence-corrected chi connectivity index (χ3v) is 5.67. The fourth-order valence-corrected chi connectivity index (χ4v) is 3.81. The molecule has 0 saturated heterocycles. The van der Waals surface area contributed by atoms with Crippen molar-refractivity contribution >= 4 is 22.4 Å². The van der Waals surface area contributed by atoms with Crippen LogP contribution in [0.1, 0.15) is 29.3 Å². The van der Waals surface area contributed by atoms with Gasteiger partial charge in [0.2, 0.25) is 5.91 Å². The van der Waals surface area contributed by atoms with Crippen LogP contribution in [0, 0.1) is 20.8 Å². The van der Waals surface area contributed by atoms with Crippen molar-refractivity contribution in [3.8, 4) is 11.3 Å². The summed E-state index contributed by atoms with van der Waals surface area (Å²) in [6, 6.07) is 6.29. The van der Waals surface area contributed by atoms with Crippen molar-refractivity contribution in [3.05, 3.63) is 52.2 Å². The third kappa shape index (κ3) is 4.66. The molecule has 0 fully saturated rings. The van der Waals surface area contributed by atoms with Gasteiger partial charge in [-0.05, 0) is 51.9 Å². The smallest absolute Gasteiger partial charge is 0.240 e. The molecule has 3 aromatic rings. The maximum Gasteiger partial charge on any atom is 0.240 e. The Morgan fingerprint density at radius 1 is 1.25 bits per heavy atom. The Morgan fingerprint density at radius 3 is 2.71 bits per heavy atom. The minimum atomic E-state index is -0.0657. The molecule has 2 heterocycles. The highest BCUT2D eigenvalue weighted by atomic mass is 32.1. The summed E-state index contributed by atoms with van der Waals surface area (Å²) in [5.41, 5.74) is 6.74. The first kappa shape index (κ1) is 20.2. The normalized spacial score (nSPS) is 11.2. The average molecular weight is 398 g/mol. The molecule has 1 N–H and O–H groups in total. The number of carbonyl (C=O) groups excluding carboxylic acids is 1. The van der Waals surface area contributed by atoms with Gasteiger partial charge in [-0.15, -0.1) is 11.3 Å². The molecule has 7 heteroatoms. The maximum atomic E-state index is 12.4. The number of aryl methyl sites for hydroxylation is 3. The predicted octanol–water partition coefficient (Wildman–Crippen LogP) is 4.02. The first-order chi connectivity index (χ1) is 13.4. The van der Waals surface area contributed by atoms with Crippen LogP contribution in [0.4, 0.5) is 5.13 Å². The van der Waals surface area contributed by atoms with Crippen LogP contribution in [-0.4, -0.2) is 39.2 Å². The van der Waals surface area contributed by atoms with E-state index in [0.717, 1.165) is 29.1 Å². The maximum absolute atomic E-state index is 12.4. The highest BCUT2D eigenvalue weighted by Crippen LogP contribution is 2.26. The number of hydrogen-bond donors (Lipinski definition) is 1. The van der Waals surface area contributed by atoms with Crippen molar-refractivity contribution in [2.45, 2.75) is 40.8 Å². The summed E-state index contributed by atoms with van der Waals surface area (Å²) in [5.74, 6) is -0.0657. The Morgan fingerprint density at radius 2 is 2.04 bits per heavy atom. The van der Waals surface area contributed by atoms with E-state index >= 15 is 0 Å². The van der Waals surface area contributed by atoms with Gasteiger partial charge in [0.25, 0.3) is 0 Å². The Hall–Kier alpha value is -2.51. The summed E-state index contributed by atoms with van der Waals surface area (Å²) in [6.07, 6.45) is 1.88. The number of anilines is 1. The fraction of sp³-hybridized carbons (Fsp3) is 0.381. The molecule has 0 spiro atoms. The second-order valence-electron chi connectivity index (χ2n) is 7.13. The molecule has 0 unspecified atom stereocenters. The molecular weight excluding hydrogens is 370 g/mol. The molecule has 0 bridgehead atoms. The zero-order chi connectivity index (χ0) is 20.3. The molecular formula is C21H27N5OS. The third-order valence-electron chi connectivity index (χ3n) is 4.91. The number of thiazole rings is 1. The van der Waals surface area contributed by atoms with Crippen LogP contribution < -0.4 is 5.32 Å². The van der Waals surface area contributed by atoms with E-state index < -0.39 is 0 Å². The zero-order valence-corrected chi connectivity index (χ0v) is 17.9. The summed E-state index contributed by atoms with van der Waals surface area (Å²) < 4.78 is 1.97. The van der Waals surface area contributed by atoms with Crippen molar-refractivity contribution in [1.82, 2.24) is 19.7 Å². The molecule has 0 aliphatic rings. The SMILES string of the molecule is CCn1ncc(CN(C)CC(=O)Nc2nc(-c3ccc(C)c(C)c3)cs2)c1C. The van der Waals surface area contributed by atoms with E-state index in [-0.39, 0.29) is 5.91 Å². The second-order valence-corrected chi connectivity index (χ2v) is 7.99. The quantitative estimate of drug-likeness (QED) is 0.654. The molecule has 0 aliphatic carbocycles. The van der Waals surface area contributed by atoms with Crippen LogP contribution in [0.2, 0.25) is 0 Å². The van der Waals surface area contributed by atoms with E-state index in [1.54, 1.807) is 0 Å². The van der Waals surface area contributed by atoms with Gasteiger partial charge >= 0.3 is 0 Å². The monoisotopic (exact) mass is 397 g/mol. The fourth-order valence-electron chi connectivity index (χ4n) is 3.07. The van der Waals surface area contributed by atoms with Gasteiger partial charge < -0.3 is 5.32 Å². The van der Waals surface area contributed by atoms with Crippen LogP contribution in [0.25, 0.3) is 11.3 Å². The number of likely N-dealkylation sites (N-methyl/N-ethyl adjacent to an activating group) is 1. The molecule has 0 radical (unpaired) electrons. The Bertz CT molecular complexity index is 975. The lowest BCUT2D eigenvalue weighted by Crippen LogP contribution is -2.30. The summed E-state index contributed by atoms with van der Waals surface area (Å²) in [5, 5.41) is 9.87. The number of hydrogen-bond acceptors (Lipinski definition) is 5. The van der Waals surface area contributed by atoms with E-state index in [4.69, 9.17) is 0 Å². The summed E-state index contributed by atoms with van der Waals surface area (Å²) in [4.78, 5) is 18.9. The zero-order valence-electron chi connectivity index (χ0n) is 17.1. The molecule has 0 aliphatic heterocycles. The molecule has 0 atom stereocenters. The number of amides is 1. The molecule has 1 aromatic carbocycles. The van der Waals surface area contributed by atoms with Gasteiger partial charge in [-0.1, -0.05) is 12.1 Å². The van der Waals surface area contributed by atoms with Gasteiger partial charge in [-0.2, -0.15) is 5.10 Å². The highest BCUT2D eigenvalue weighted by molar-refractivity contribution is 7.14. The standard InChI is InChI=1S/C21H27N5OS/c1-6-26-16(4)18(10-22-26)11-25(5)12-20(27)24-21-23-19(13-28-21)17-8-7-14(2)15(3)9-17/h7-10,13H,6,11-12H2,1-5H3,(H,23,24,27). The number of nitrogens with one attached hydrogen (secondary N) is 1. The van der Waals surface area contributed by atoms with Crippen molar-refractivity contribution in [3.63, 3.8) is 0 Å². The minimum absolute atomic E-state index is 0.0657. The minimum Gasteiger partial charge on any atom is -0.301 e. The van der Waals surface area contributed by atoms with E-state index in [9.17, 15) is 4.79 Å². The van der Waals surface area contributed by atoms with Gasteiger partial charge in [-0.3, -0.25) is 14.4 Å². The van der Waals surface area contributed by atoms with E-state index in [0.29, 0.717) is 18.2 Å². The summed E-state index contributed by atoms with van der Waals surface area (Å²) in [7, 11) is 1.94. The van der Waals surface area contributed by atoms with Gasteiger partial charge in [-0.25, -0.2) is 4.98 Å². The Labute approximate surface area is 170 Å². The number of aromatic nitrogens is 3. The van der Waals surface area contributed by atoms with Gasteiger partial charge in [0.15, 0.2) is 5.13 Å². The van der Waals surface area contributed by atoms with Crippen molar-refractivity contribution in [2.75, 3.05) is 18.9 Å². The number of rotatable bonds is 7. The van der Waals surface area contributed by atoms with Crippen LogP contribution in [0.3, 0.4) is 0 Å². The molecule has 6 nitrogen and oxygen atoms in total. The van der Waals surface area contributed by atoms with E-state index in [1.165, 1.54) is 22.5 Å². The summed E-state index contributed by atoms with van der Waals surface area (Å²) >= 11 is 1.45. The first-order valence-electron chi connectivity index (χ1n) is 9.40. The lowest BCUT2D eigenvalue weighted by Gasteiger charge is -2.15. The number of benzene rings is 1. The Balaban J connectivity index is 1.58. The van der Waals surface area contributed by atoms with Crippen LogP contribution in [0.15, 0.2) is 29.8 Å². The number of nitrogens with zero attached hydrogens (tertiary/aromatic N) is 4.